The number of hydrogen-bond acceptors (Lipinski definition) is 2. The van der Waals surface area contributed by atoms with Crippen molar-refractivity contribution in [3.05, 3.63) is 47.0 Å². The molecule has 1 amide bonds. The van der Waals surface area contributed by atoms with Crippen molar-refractivity contribution >= 4 is 11.9 Å². The lowest BCUT2D eigenvalue weighted by molar-refractivity contribution is -0.131. The first-order valence-corrected chi connectivity index (χ1v) is 7.66. The highest BCUT2D eigenvalue weighted by molar-refractivity contribution is 5.95. The molecule has 4 nitrogen and oxygen atoms in total. The lowest BCUT2D eigenvalue weighted by atomic mass is 9.73. The van der Waals surface area contributed by atoms with Crippen molar-refractivity contribution in [1.82, 2.24) is 5.32 Å². The highest BCUT2D eigenvalue weighted by atomic mass is 16.4. The number of allylic oxidation sites excluding steroid dienone is 1. The lowest BCUT2D eigenvalue weighted by Gasteiger charge is -2.34. The fourth-order valence-corrected chi connectivity index (χ4v) is 2.89. The van der Waals surface area contributed by atoms with E-state index < -0.39 is 5.97 Å². The van der Waals surface area contributed by atoms with Crippen LogP contribution >= 0.6 is 0 Å². The van der Waals surface area contributed by atoms with Gasteiger partial charge in [0, 0.05) is 18.2 Å². The van der Waals surface area contributed by atoms with Gasteiger partial charge >= 0.3 is 5.97 Å². The number of carbonyl (C=O) groups excluding carboxylic acids is 1. The molecule has 0 radical (unpaired) electrons. The predicted octanol–water partition coefficient (Wildman–Crippen LogP) is 3.32. The minimum absolute atomic E-state index is 0.0359. The zero-order valence-electron chi connectivity index (χ0n) is 13.2. The summed E-state index contributed by atoms with van der Waals surface area (Å²) in [4.78, 5) is 23.0. The zero-order chi connectivity index (χ0) is 16.2. The number of carboxylic acids is 1. The van der Waals surface area contributed by atoms with E-state index >= 15 is 0 Å². The molecule has 0 spiro atoms. The topological polar surface area (TPSA) is 66.4 Å². The molecular weight excluding hydrogens is 278 g/mol. The van der Waals surface area contributed by atoms with E-state index in [1.54, 1.807) is 0 Å². The summed E-state index contributed by atoms with van der Waals surface area (Å²) in [5.74, 6) is -0.905. The maximum Gasteiger partial charge on any atom is 0.328 e. The Balaban J connectivity index is 1.91. The molecule has 1 aliphatic carbocycles. The van der Waals surface area contributed by atoms with E-state index in [1.807, 2.05) is 31.2 Å². The molecule has 1 aromatic rings. The van der Waals surface area contributed by atoms with Gasteiger partial charge in [-0.25, -0.2) is 4.79 Å². The third-order valence-electron chi connectivity index (χ3n) is 4.49. The van der Waals surface area contributed by atoms with Crippen molar-refractivity contribution in [1.29, 1.82) is 0 Å². The average molecular weight is 301 g/mol. The van der Waals surface area contributed by atoms with Gasteiger partial charge in [-0.2, -0.15) is 0 Å². The van der Waals surface area contributed by atoms with Crippen LogP contribution in [0.4, 0.5) is 0 Å². The Bertz CT molecular complexity index is 594. The summed E-state index contributed by atoms with van der Waals surface area (Å²) in [6.07, 6.45) is 4.72. The Morgan fingerprint density at radius 3 is 2.50 bits per heavy atom. The van der Waals surface area contributed by atoms with Gasteiger partial charge in [0.15, 0.2) is 0 Å². The summed E-state index contributed by atoms with van der Waals surface area (Å²) >= 11 is 0. The Hall–Kier alpha value is -2.10. The van der Waals surface area contributed by atoms with E-state index in [0.29, 0.717) is 12.1 Å². The molecule has 2 N–H and O–H groups in total. The van der Waals surface area contributed by atoms with Crippen LogP contribution in [0.5, 0.6) is 0 Å². The monoisotopic (exact) mass is 301 g/mol. The van der Waals surface area contributed by atoms with Gasteiger partial charge in [-0.3, -0.25) is 4.79 Å². The Morgan fingerprint density at radius 1 is 1.27 bits per heavy atom. The van der Waals surface area contributed by atoms with Gasteiger partial charge in [-0.15, -0.1) is 0 Å². The van der Waals surface area contributed by atoms with Gasteiger partial charge in [0.1, 0.15) is 0 Å². The standard InChI is InChI=1S/C18H23NO3/c1-13-5-3-4-6-15(13)17(22)19-12-18(2)9-7-14(8-10-18)11-16(20)21/h3-6,11H,7-10,12H2,1-2H3,(H,19,22)(H,20,21). The lowest BCUT2D eigenvalue weighted by Crippen LogP contribution is -2.37. The van der Waals surface area contributed by atoms with E-state index in [2.05, 4.69) is 12.2 Å². The minimum atomic E-state index is -0.869. The molecule has 22 heavy (non-hydrogen) atoms. The SMILES string of the molecule is Cc1ccccc1C(=O)NCC1(C)CCC(=CC(=O)O)CC1. The van der Waals surface area contributed by atoms with Crippen LogP contribution in [0.1, 0.15) is 48.5 Å². The van der Waals surface area contributed by atoms with Crippen molar-refractivity contribution in [3.63, 3.8) is 0 Å². The Labute approximate surface area is 131 Å². The molecule has 0 aromatic heterocycles. The smallest absolute Gasteiger partial charge is 0.328 e. The number of aliphatic carboxylic acids is 1. The first kappa shape index (κ1) is 16.3. The molecule has 0 aliphatic heterocycles. The Kier molecular flexibility index (Phi) is 5.01. The third kappa shape index (κ3) is 4.20. The number of amides is 1. The molecule has 0 atom stereocenters. The fourth-order valence-electron chi connectivity index (χ4n) is 2.89. The molecule has 0 unspecified atom stereocenters. The molecule has 0 saturated heterocycles. The summed E-state index contributed by atoms with van der Waals surface area (Å²) in [6, 6.07) is 7.56. The molecule has 0 heterocycles. The van der Waals surface area contributed by atoms with Crippen LogP contribution in [0.2, 0.25) is 0 Å². The molecule has 1 saturated carbocycles. The number of carbonyl (C=O) groups is 2. The molecule has 4 heteroatoms. The quantitative estimate of drug-likeness (QED) is 0.838. The van der Waals surface area contributed by atoms with Gasteiger partial charge in [-0.1, -0.05) is 30.7 Å². The number of carboxylic acid groups (broad SMARTS) is 1. The summed E-state index contributed by atoms with van der Waals surface area (Å²) in [7, 11) is 0. The van der Waals surface area contributed by atoms with Crippen LogP contribution in [-0.4, -0.2) is 23.5 Å². The predicted molar refractivity (Wildman–Crippen MR) is 85.8 cm³/mol. The van der Waals surface area contributed by atoms with Gasteiger partial charge in [0.05, 0.1) is 0 Å². The highest BCUT2D eigenvalue weighted by Crippen LogP contribution is 2.37. The minimum Gasteiger partial charge on any atom is -0.478 e. The van der Waals surface area contributed by atoms with Gasteiger partial charge in [0.2, 0.25) is 0 Å². The summed E-state index contributed by atoms with van der Waals surface area (Å²) in [6.45, 7) is 4.71. The third-order valence-corrected chi connectivity index (χ3v) is 4.49. The van der Waals surface area contributed by atoms with Crippen LogP contribution in [0.15, 0.2) is 35.9 Å². The first-order valence-electron chi connectivity index (χ1n) is 7.66. The molecule has 0 bridgehead atoms. The Morgan fingerprint density at radius 2 is 1.91 bits per heavy atom. The molecule has 1 aromatic carbocycles. The van der Waals surface area contributed by atoms with Crippen molar-refractivity contribution < 1.29 is 14.7 Å². The molecule has 2 rings (SSSR count). The van der Waals surface area contributed by atoms with Crippen LogP contribution in [0.25, 0.3) is 0 Å². The second-order valence-corrected chi connectivity index (χ2v) is 6.45. The molecule has 118 valence electrons. The van der Waals surface area contributed by atoms with Crippen molar-refractivity contribution in [2.24, 2.45) is 5.41 Å². The first-order chi connectivity index (χ1) is 10.4. The fraction of sp³-hybridized carbons (Fsp3) is 0.444. The number of hydrogen-bond donors (Lipinski definition) is 2. The zero-order valence-corrected chi connectivity index (χ0v) is 13.2. The molecule has 1 aliphatic rings. The van der Waals surface area contributed by atoms with Crippen LogP contribution < -0.4 is 5.32 Å². The van der Waals surface area contributed by atoms with Crippen LogP contribution in [0.3, 0.4) is 0 Å². The van der Waals surface area contributed by atoms with Crippen molar-refractivity contribution in [3.8, 4) is 0 Å². The van der Waals surface area contributed by atoms with Gasteiger partial charge < -0.3 is 10.4 Å². The second-order valence-electron chi connectivity index (χ2n) is 6.45. The average Bonchev–Trinajstić information content (AvgIpc) is 2.48. The second kappa shape index (κ2) is 6.77. The number of aryl methyl sites for hydroxylation is 1. The largest absolute Gasteiger partial charge is 0.478 e. The van der Waals surface area contributed by atoms with E-state index in [0.717, 1.165) is 36.8 Å². The van der Waals surface area contributed by atoms with Crippen LogP contribution in [0, 0.1) is 12.3 Å². The number of nitrogens with one attached hydrogen (secondary N) is 1. The highest BCUT2D eigenvalue weighted by Gasteiger charge is 2.29. The van der Waals surface area contributed by atoms with E-state index in [1.165, 1.54) is 6.08 Å². The maximum absolute atomic E-state index is 12.3. The molecule has 1 fully saturated rings. The van der Waals surface area contributed by atoms with E-state index in [-0.39, 0.29) is 11.3 Å². The van der Waals surface area contributed by atoms with Crippen LogP contribution in [-0.2, 0) is 4.79 Å². The van der Waals surface area contributed by atoms with E-state index in [4.69, 9.17) is 5.11 Å². The van der Waals surface area contributed by atoms with Crippen molar-refractivity contribution in [2.45, 2.75) is 39.5 Å². The van der Waals surface area contributed by atoms with Gasteiger partial charge in [0.25, 0.3) is 5.91 Å². The van der Waals surface area contributed by atoms with E-state index in [9.17, 15) is 9.59 Å². The van der Waals surface area contributed by atoms with Gasteiger partial charge in [-0.05, 0) is 49.7 Å². The summed E-state index contributed by atoms with van der Waals surface area (Å²) in [5.41, 5.74) is 2.72. The normalized spacial score (nSPS) is 21.3. The summed E-state index contributed by atoms with van der Waals surface area (Å²) < 4.78 is 0. The summed E-state index contributed by atoms with van der Waals surface area (Å²) in [5, 5.41) is 11.8. The molecular formula is C18H23NO3. The number of rotatable bonds is 4. The maximum atomic E-state index is 12.3. The van der Waals surface area contributed by atoms with Crippen molar-refractivity contribution in [2.75, 3.05) is 6.54 Å². The number of benzene rings is 1.